The second-order valence-corrected chi connectivity index (χ2v) is 5.10. The van der Waals surface area contributed by atoms with Crippen molar-refractivity contribution in [1.29, 1.82) is 5.26 Å². The first-order valence-electron chi connectivity index (χ1n) is 6.03. The average molecular weight is 277 g/mol. The third-order valence-corrected chi connectivity index (χ3v) is 3.50. The zero-order valence-electron chi connectivity index (χ0n) is 10.4. The van der Waals surface area contributed by atoms with Crippen LogP contribution >= 0.6 is 11.6 Å². The Hall–Kier alpha value is -1.86. The highest BCUT2D eigenvalue weighted by Crippen LogP contribution is 2.32. The normalized spacial score (nSPS) is 15.4. The number of hydrogen-bond donors (Lipinski definition) is 1. The molecule has 1 aromatic carbocycles. The van der Waals surface area contributed by atoms with Crippen molar-refractivity contribution >= 4 is 29.0 Å². The zero-order chi connectivity index (χ0) is 14.0. The molecule has 1 saturated carbocycles. The lowest BCUT2D eigenvalue weighted by Gasteiger charge is -2.10. The quantitative estimate of drug-likeness (QED) is 0.860. The number of nitrogens with one attached hydrogen (secondary N) is 1. The van der Waals surface area contributed by atoms with Crippen molar-refractivity contribution in [2.75, 3.05) is 5.32 Å². The second-order valence-electron chi connectivity index (χ2n) is 4.69. The number of rotatable bonds is 4. The van der Waals surface area contributed by atoms with Crippen LogP contribution in [0.1, 0.15) is 18.4 Å². The van der Waals surface area contributed by atoms with Gasteiger partial charge in [0.05, 0.1) is 6.07 Å². The van der Waals surface area contributed by atoms with Gasteiger partial charge >= 0.3 is 0 Å². The molecule has 1 unspecified atom stereocenters. The van der Waals surface area contributed by atoms with E-state index in [2.05, 4.69) is 5.32 Å². The van der Waals surface area contributed by atoms with Crippen LogP contribution in [-0.2, 0) is 9.59 Å². The molecule has 0 bridgehead atoms. The van der Waals surface area contributed by atoms with Gasteiger partial charge < -0.3 is 5.32 Å². The Kier molecular flexibility index (Phi) is 3.87. The maximum atomic E-state index is 11.9. The summed E-state index contributed by atoms with van der Waals surface area (Å²) in [4.78, 5) is 23.7. The molecular formula is C14H13ClN2O2. The van der Waals surface area contributed by atoms with Gasteiger partial charge in [0.2, 0.25) is 5.91 Å². The molecule has 4 nitrogen and oxygen atoms in total. The number of hydrogen-bond acceptors (Lipinski definition) is 3. The van der Waals surface area contributed by atoms with E-state index in [1.807, 2.05) is 6.92 Å². The molecule has 0 aliphatic heterocycles. The summed E-state index contributed by atoms with van der Waals surface area (Å²) in [7, 11) is 0. The molecule has 19 heavy (non-hydrogen) atoms. The van der Waals surface area contributed by atoms with Crippen molar-refractivity contribution in [2.45, 2.75) is 19.8 Å². The molecule has 0 heterocycles. The van der Waals surface area contributed by atoms with Crippen LogP contribution in [0.4, 0.5) is 5.69 Å². The number of halogens is 1. The summed E-state index contributed by atoms with van der Waals surface area (Å²) in [5.41, 5.74) is 1.38. The lowest BCUT2D eigenvalue weighted by Crippen LogP contribution is -2.29. The Morgan fingerprint density at radius 3 is 2.68 bits per heavy atom. The topological polar surface area (TPSA) is 70.0 Å². The lowest BCUT2D eigenvalue weighted by atomic mass is 10.0. The molecule has 5 heteroatoms. The minimum Gasteiger partial charge on any atom is -0.325 e. The highest BCUT2D eigenvalue weighted by atomic mass is 35.5. The van der Waals surface area contributed by atoms with E-state index in [4.69, 9.17) is 16.9 Å². The molecule has 0 spiro atoms. The van der Waals surface area contributed by atoms with Gasteiger partial charge in [-0.1, -0.05) is 17.7 Å². The molecule has 0 saturated heterocycles. The number of carbonyl (C=O) groups is 2. The predicted octanol–water partition coefficient (Wildman–Crippen LogP) is 2.71. The van der Waals surface area contributed by atoms with Gasteiger partial charge in [-0.05, 0) is 37.5 Å². The Labute approximate surface area is 116 Å². The number of carbonyl (C=O) groups excluding carboxylic acids is 2. The van der Waals surface area contributed by atoms with E-state index >= 15 is 0 Å². The van der Waals surface area contributed by atoms with E-state index in [-0.39, 0.29) is 11.7 Å². The standard InChI is InChI=1S/C14H13ClN2O2/c1-8-2-5-10(6-12(8)15)17-14(19)11(7-16)13(18)9-3-4-9/h2,5-6,9,11H,3-4H2,1H3,(H,17,19). The van der Waals surface area contributed by atoms with E-state index in [1.165, 1.54) is 0 Å². The second kappa shape index (κ2) is 5.41. The van der Waals surface area contributed by atoms with Gasteiger partial charge in [-0.15, -0.1) is 0 Å². The maximum absolute atomic E-state index is 11.9. The van der Waals surface area contributed by atoms with Crippen LogP contribution in [0.5, 0.6) is 0 Å². The number of benzene rings is 1. The number of nitrogens with zero attached hydrogens (tertiary/aromatic N) is 1. The van der Waals surface area contributed by atoms with Crippen LogP contribution in [0.3, 0.4) is 0 Å². The van der Waals surface area contributed by atoms with E-state index in [0.29, 0.717) is 10.7 Å². The van der Waals surface area contributed by atoms with Crippen LogP contribution in [0.15, 0.2) is 18.2 Å². The van der Waals surface area contributed by atoms with E-state index in [9.17, 15) is 9.59 Å². The fraction of sp³-hybridized carbons (Fsp3) is 0.357. The summed E-state index contributed by atoms with van der Waals surface area (Å²) < 4.78 is 0. The minimum absolute atomic E-state index is 0.114. The molecule has 1 atom stereocenters. The Bertz CT molecular complexity index is 573. The number of amides is 1. The molecule has 0 aromatic heterocycles. The van der Waals surface area contributed by atoms with E-state index in [0.717, 1.165) is 18.4 Å². The van der Waals surface area contributed by atoms with Crippen LogP contribution in [-0.4, -0.2) is 11.7 Å². The number of Topliss-reactive ketones (excluding diaryl/α,β-unsaturated/α-hetero) is 1. The van der Waals surface area contributed by atoms with Crippen LogP contribution in [0, 0.1) is 30.1 Å². The zero-order valence-corrected chi connectivity index (χ0v) is 11.2. The van der Waals surface area contributed by atoms with Gasteiger partial charge in [0, 0.05) is 16.6 Å². The summed E-state index contributed by atoms with van der Waals surface area (Å²) in [5.74, 6) is -2.21. The van der Waals surface area contributed by atoms with Crippen molar-refractivity contribution < 1.29 is 9.59 Å². The molecule has 98 valence electrons. The highest BCUT2D eigenvalue weighted by Gasteiger charge is 2.38. The van der Waals surface area contributed by atoms with Crippen molar-refractivity contribution in [3.05, 3.63) is 28.8 Å². The van der Waals surface area contributed by atoms with E-state index in [1.54, 1.807) is 24.3 Å². The van der Waals surface area contributed by atoms with Crippen molar-refractivity contribution in [3.63, 3.8) is 0 Å². The SMILES string of the molecule is Cc1ccc(NC(=O)C(C#N)C(=O)C2CC2)cc1Cl. The van der Waals surface area contributed by atoms with Crippen LogP contribution in [0.2, 0.25) is 5.02 Å². The minimum atomic E-state index is -1.23. The lowest BCUT2D eigenvalue weighted by molar-refractivity contribution is -0.129. The monoisotopic (exact) mass is 276 g/mol. The third-order valence-electron chi connectivity index (χ3n) is 3.09. The molecule has 1 aliphatic carbocycles. The summed E-state index contributed by atoms with van der Waals surface area (Å²) in [6, 6.07) is 6.83. The summed E-state index contributed by atoms with van der Waals surface area (Å²) in [6.07, 6.45) is 1.56. The third kappa shape index (κ3) is 3.12. The smallest absolute Gasteiger partial charge is 0.249 e. The molecule has 2 rings (SSSR count). The molecule has 1 aromatic rings. The molecule has 1 fully saturated rings. The number of aryl methyl sites for hydroxylation is 1. The van der Waals surface area contributed by atoms with Crippen molar-refractivity contribution in [2.24, 2.45) is 11.8 Å². The average Bonchev–Trinajstić information content (AvgIpc) is 3.18. The molecule has 0 radical (unpaired) electrons. The fourth-order valence-electron chi connectivity index (χ4n) is 1.74. The summed E-state index contributed by atoms with van der Waals surface area (Å²) in [5, 5.41) is 12.0. The number of anilines is 1. The number of nitriles is 1. The largest absolute Gasteiger partial charge is 0.325 e. The van der Waals surface area contributed by atoms with Gasteiger partial charge in [-0.25, -0.2) is 0 Å². The number of ketones is 1. The van der Waals surface area contributed by atoms with Crippen molar-refractivity contribution in [1.82, 2.24) is 0 Å². The predicted molar refractivity (Wildman–Crippen MR) is 71.7 cm³/mol. The first-order valence-corrected chi connectivity index (χ1v) is 6.41. The Balaban J connectivity index is 2.08. The van der Waals surface area contributed by atoms with Gasteiger partial charge in [0.1, 0.15) is 0 Å². The van der Waals surface area contributed by atoms with Gasteiger partial charge in [0.15, 0.2) is 11.7 Å². The molecule has 1 N–H and O–H groups in total. The van der Waals surface area contributed by atoms with Gasteiger partial charge in [0.25, 0.3) is 0 Å². The summed E-state index contributed by atoms with van der Waals surface area (Å²) >= 11 is 5.95. The van der Waals surface area contributed by atoms with Gasteiger partial charge in [-0.3, -0.25) is 9.59 Å². The Morgan fingerprint density at radius 2 is 2.16 bits per heavy atom. The molecule has 1 amide bonds. The van der Waals surface area contributed by atoms with Crippen molar-refractivity contribution in [3.8, 4) is 6.07 Å². The first-order chi connectivity index (χ1) is 9.02. The fourth-order valence-corrected chi connectivity index (χ4v) is 1.92. The summed E-state index contributed by atoms with van der Waals surface area (Å²) in [6.45, 7) is 1.85. The molecular weight excluding hydrogens is 264 g/mol. The molecule has 1 aliphatic rings. The highest BCUT2D eigenvalue weighted by molar-refractivity contribution is 6.31. The first kappa shape index (κ1) is 13.6. The van der Waals surface area contributed by atoms with Crippen LogP contribution < -0.4 is 5.32 Å². The Morgan fingerprint density at radius 1 is 1.47 bits per heavy atom. The maximum Gasteiger partial charge on any atom is 0.249 e. The van der Waals surface area contributed by atoms with E-state index < -0.39 is 11.8 Å². The van der Waals surface area contributed by atoms with Crippen LogP contribution in [0.25, 0.3) is 0 Å². The van der Waals surface area contributed by atoms with Gasteiger partial charge in [-0.2, -0.15) is 5.26 Å².